The largest absolute Gasteiger partial charge is 0.296 e. The molecule has 0 saturated heterocycles. The molecule has 3 aromatic carbocycles. The number of ketones is 1. The van der Waals surface area contributed by atoms with Gasteiger partial charge in [0, 0.05) is 0 Å². The predicted octanol–water partition coefficient (Wildman–Crippen LogP) is 3.96. The van der Waals surface area contributed by atoms with Gasteiger partial charge in [-0.15, -0.1) is 0 Å². The van der Waals surface area contributed by atoms with E-state index in [4.69, 9.17) is 0 Å². The van der Waals surface area contributed by atoms with Gasteiger partial charge < -0.3 is 0 Å². The quantitative estimate of drug-likeness (QED) is 0.646. The summed E-state index contributed by atoms with van der Waals surface area (Å²) in [4.78, 5) is 12.5. The van der Waals surface area contributed by atoms with E-state index in [-0.39, 0.29) is 11.4 Å². The lowest BCUT2D eigenvalue weighted by Gasteiger charge is -2.31. The van der Waals surface area contributed by atoms with Crippen LogP contribution in [0.4, 0.5) is 0 Å². The van der Waals surface area contributed by atoms with Crippen molar-refractivity contribution in [3.8, 4) is 0 Å². The molecule has 3 aromatic rings. The summed E-state index contributed by atoms with van der Waals surface area (Å²) >= 11 is 0. The SMILES string of the molecule is CC(=O)[C@H](C)[P+](c1ccccc1)(c1ccccc1)c1ccccc1. The van der Waals surface area contributed by atoms with Crippen molar-refractivity contribution in [2.45, 2.75) is 19.5 Å². The van der Waals surface area contributed by atoms with Crippen LogP contribution in [0, 0.1) is 0 Å². The summed E-state index contributed by atoms with van der Waals surface area (Å²) < 4.78 is 0. The number of rotatable bonds is 5. The Hall–Kier alpha value is -2.24. The van der Waals surface area contributed by atoms with E-state index in [1.807, 2.05) is 18.2 Å². The molecule has 0 fully saturated rings. The maximum Gasteiger partial charge on any atom is 0.170 e. The van der Waals surface area contributed by atoms with E-state index in [2.05, 4.69) is 79.7 Å². The molecule has 0 N–H and O–H groups in total. The lowest BCUT2D eigenvalue weighted by molar-refractivity contribution is -0.116. The number of carbonyl (C=O) groups is 1. The Kier molecular flexibility index (Phi) is 4.92. The summed E-state index contributed by atoms with van der Waals surface area (Å²) in [6, 6.07) is 31.6. The van der Waals surface area contributed by atoms with Gasteiger partial charge in [-0.25, -0.2) is 0 Å². The topological polar surface area (TPSA) is 17.1 Å². The van der Waals surface area contributed by atoms with Gasteiger partial charge in [-0.3, -0.25) is 4.79 Å². The molecule has 120 valence electrons. The standard InChI is InChI=1S/C22H22OP/c1-18(23)19(2)24(20-12-6-3-7-13-20,21-14-8-4-9-15-21)22-16-10-5-11-17-22/h3-17,19H,1-2H3/q+1/t19-/m0/s1. The van der Waals surface area contributed by atoms with E-state index >= 15 is 0 Å². The van der Waals surface area contributed by atoms with Crippen LogP contribution in [0.1, 0.15) is 13.8 Å². The molecule has 0 aliphatic heterocycles. The van der Waals surface area contributed by atoms with Crippen molar-refractivity contribution in [3.63, 3.8) is 0 Å². The van der Waals surface area contributed by atoms with Crippen LogP contribution in [0.3, 0.4) is 0 Å². The van der Waals surface area contributed by atoms with Gasteiger partial charge in [0.05, 0.1) is 0 Å². The molecule has 0 aromatic heterocycles. The first-order chi connectivity index (χ1) is 11.7. The van der Waals surface area contributed by atoms with E-state index in [9.17, 15) is 4.79 Å². The number of benzene rings is 3. The molecule has 0 spiro atoms. The molecule has 24 heavy (non-hydrogen) atoms. The van der Waals surface area contributed by atoms with Gasteiger partial charge in [0.15, 0.2) is 5.78 Å². The smallest absolute Gasteiger partial charge is 0.170 e. The Labute approximate surface area is 144 Å². The normalized spacial score (nSPS) is 12.6. The van der Waals surface area contributed by atoms with Crippen LogP contribution in [0.2, 0.25) is 0 Å². The Morgan fingerprint density at radius 3 is 1.21 bits per heavy atom. The van der Waals surface area contributed by atoms with E-state index in [1.54, 1.807) is 6.92 Å². The molecule has 3 rings (SSSR count). The summed E-state index contributed by atoms with van der Waals surface area (Å²) in [7, 11) is -2.05. The minimum atomic E-state index is -2.05. The van der Waals surface area contributed by atoms with E-state index in [0.717, 1.165) is 0 Å². The number of carbonyl (C=O) groups excluding carboxylic acids is 1. The molecule has 1 atom stereocenters. The van der Waals surface area contributed by atoms with Gasteiger partial charge in [0.25, 0.3) is 0 Å². The molecule has 0 bridgehead atoms. The Balaban J connectivity index is 2.39. The highest BCUT2D eigenvalue weighted by Gasteiger charge is 2.52. The molecule has 0 amide bonds. The minimum Gasteiger partial charge on any atom is -0.296 e. The highest BCUT2D eigenvalue weighted by atomic mass is 31.2. The highest BCUT2D eigenvalue weighted by Crippen LogP contribution is 2.59. The van der Waals surface area contributed by atoms with E-state index in [0.29, 0.717) is 0 Å². The fourth-order valence-electron chi connectivity index (χ4n) is 3.38. The lowest BCUT2D eigenvalue weighted by atomic mass is 10.3. The molecule has 2 heteroatoms. The zero-order chi connectivity index (χ0) is 17.0. The molecule has 0 saturated carbocycles. The van der Waals surface area contributed by atoms with Gasteiger partial charge in [0.2, 0.25) is 0 Å². The van der Waals surface area contributed by atoms with Crippen molar-refractivity contribution in [1.82, 2.24) is 0 Å². The van der Waals surface area contributed by atoms with E-state index < -0.39 is 7.26 Å². The summed E-state index contributed by atoms with van der Waals surface area (Å²) in [5, 5.41) is 3.76. The van der Waals surface area contributed by atoms with Crippen LogP contribution in [0.5, 0.6) is 0 Å². The van der Waals surface area contributed by atoms with Crippen LogP contribution in [-0.2, 0) is 4.79 Å². The van der Waals surface area contributed by atoms with Gasteiger partial charge in [0.1, 0.15) is 28.8 Å². The second kappa shape index (κ2) is 7.11. The lowest BCUT2D eigenvalue weighted by Crippen LogP contribution is -2.40. The van der Waals surface area contributed by atoms with Crippen molar-refractivity contribution >= 4 is 29.0 Å². The molecule has 1 nitrogen and oxygen atoms in total. The predicted molar refractivity (Wildman–Crippen MR) is 105 cm³/mol. The average molecular weight is 333 g/mol. The van der Waals surface area contributed by atoms with Crippen molar-refractivity contribution < 1.29 is 4.79 Å². The van der Waals surface area contributed by atoms with E-state index in [1.165, 1.54) is 15.9 Å². The average Bonchev–Trinajstić information content (AvgIpc) is 2.65. The second-order valence-corrected chi connectivity index (χ2v) is 9.79. The first-order valence-corrected chi connectivity index (χ1v) is 10.1. The number of Topliss-reactive ketones (excluding diaryl/α,β-unsaturated/α-hetero) is 1. The Morgan fingerprint density at radius 1 is 0.667 bits per heavy atom. The van der Waals surface area contributed by atoms with Gasteiger partial charge >= 0.3 is 0 Å². The zero-order valence-corrected chi connectivity index (χ0v) is 15.0. The minimum absolute atomic E-state index is 0.0651. The van der Waals surface area contributed by atoms with Crippen molar-refractivity contribution in [3.05, 3.63) is 91.0 Å². The summed E-state index contributed by atoms with van der Waals surface area (Å²) in [5.41, 5.74) is -0.0651. The third-order valence-corrected chi connectivity index (χ3v) is 9.52. The van der Waals surface area contributed by atoms with Gasteiger partial charge in [-0.05, 0) is 50.2 Å². The fourth-order valence-corrected chi connectivity index (χ4v) is 8.09. The van der Waals surface area contributed by atoms with Crippen molar-refractivity contribution in [1.29, 1.82) is 0 Å². The van der Waals surface area contributed by atoms with Crippen molar-refractivity contribution in [2.75, 3.05) is 0 Å². The zero-order valence-electron chi connectivity index (χ0n) is 14.1. The number of hydrogen-bond donors (Lipinski definition) is 0. The summed E-state index contributed by atoms with van der Waals surface area (Å²) in [6.45, 7) is 3.80. The van der Waals surface area contributed by atoms with Crippen LogP contribution < -0.4 is 15.9 Å². The third kappa shape index (κ3) is 2.81. The van der Waals surface area contributed by atoms with Crippen LogP contribution in [0.15, 0.2) is 91.0 Å². The second-order valence-electron chi connectivity index (χ2n) is 6.02. The molecular formula is C22H22OP+. The number of hydrogen-bond acceptors (Lipinski definition) is 1. The molecule has 0 radical (unpaired) electrons. The summed E-state index contributed by atoms with van der Waals surface area (Å²) in [5.74, 6) is 0.236. The molecule has 0 heterocycles. The maximum absolute atomic E-state index is 12.5. The molecule has 0 unspecified atom stereocenters. The van der Waals surface area contributed by atoms with Crippen molar-refractivity contribution in [2.24, 2.45) is 0 Å². The Bertz CT molecular complexity index is 700. The molecule has 0 aliphatic rings. The monoisotopic (exact) mass is 333 g/mol. The van der Waals surface area contributed by atoms with Crippen LogP contribution in [-0.4, -0.2) is 11.4 Å². The first kappa shape index (κ1) is 16.6. The van der Waals surface area contributed by atoms with Crippen LogP contribution in [0.25, 0.3) is 0 Å². The highest BCUT2D eigenvalue weighted by molar-refractivity contribution is 7.96. The van der Waals surface area contributed by atoms with Gasteiger partial charge in [-0.1, -0.05) is 54.6 Å². The van der Waals surface area contributed by atoms with Gasteiger partial charge in [-0.2, -0.15) is 0 Å². The maximum atomic E-state index is 12.5. The molecule has 0 aliphatic carbocycles. The third-order valence-electron chi connectivity index (χ3n) is 4.66. The van der Waals surface area contributed by atoms with Crippen LogP contribution >= 0.6 is 7.26 Å². The fraction of sp³-hybridized carbons (Fsp3) is 0.136. The Morgan fingerprint density at radius 2 is 0.958 bits per heavy atom. The molecular weight excluding hydrogens is 311 g/mol. The summed E-state index contributed by atoms with van der Waals surface area (Å²) in [6.07, 6.45) is 0. The first-order valence-electron chi connectivity index (χ1n) is 8.23.